The Kier molecular flexibility index (Phi) is 6.93. The van der Waals surface area contributed by atoms with Crippen molar-refractivity contribution in [2.45, 2.75) is 44.4 Å². The molecule has 0 fully saturated rings. The molecule has 182 valence electrons. The average Bonchev–Trinajstić information content (AvgIpc) is 3.12. The number of nitrogens with zero attached hydrogens (tertiary/aromatic N) is 3. The topological polar surface area (TPSA) is 69.3 Å². The van der Waals surface area contributed by atoms with Crippen molar-refractivity contribution in [2.24, 2.45) is 0 Å². The largest absolute Gasteiger partial charge is 0.511 e. The molecule has 2 heterocycles. The minimum atomic E-state index is -5.54. The number of halogens is 4. The van der Waals surface area contributed by atoms with E-state index < -0.39 is 28.1 Å². The number of alkyl halides is 3. The van der Waals surface area contributed by atoms with E-state index in [9.17, 15) is 21.6 Å². The first-order chi connectivity index (χ1) is 16.0. The van der Waals surface area contributed by atoms with Crippen LogP contribution < -0.4 is 4.90 Å². The van der Waals surface area contributed by atoms with Gasteiger partial charge in [-0.3, -0.25) is 0 Å². The second-order valence-electron chi connectivity index (χ2n) is 8.32. The number of hydrogen-bond acceptors (Lipinski definition) is 4. The maximum atomic E-state index is 13.5. The summed E-state index contributed by atoms with van der Waals surface area (Å²) in [4.78, 5) is 9.33. The molecule has 3 aromatic rings. The molecule has 1 aliphatic heterocycles. The summed E-state index contributed by atoms with van der Waals surface area (Å²) in [5.74, 6) is 0.711. The van der Waals surface area contributed by atoms with Crippen LogP contribution >= 0.6 is 11.6 Å². The summed E-state index contributed by atoms with van der Waals surface area (Å²) >= 11 is 6.15. The number of benzene rings is 2. The van der Waals surface area contributed by atoms with Crippen molar-refractivity contribution in [3.8, 4) is 0 Å². The summed E-state index contributed by atoms with van der Waals surface area (Å²) in [5, 5.41) is 0.322. The third kappa shape index (κ3) is 5.24. The fourth-order valence-electron chi connectivity index (χ4n) is 4.25. The molecule has 1 atom stereocenters. The number of nitrogens with one attached hydrogen (secondary N) is 1. The molecule has 4 rings (SSSR count). The highest BCUT2D eigenvalue weighted by Crippen LogP contribution is 2.36. The minimum absolute atomic E-state index is 0.311. The highest BCUT2D eigenvalue weighted by atomic mass is 35.5. The Morgan fingerprint density at radius 2 is 1.91 bits per heavy atom. The van der Waals surface area contributed by atoms with Gasteiger partial charge in [0.15, 0.2) is 0 Å². The van der Waals surface area contributed by atoms with Gasteiger partial charge in [-0.1, -0.05) is 41.9 Å². The lowest BCUT2D eigenvalue weighted by molar-refractivity contribution is -0.0492. The van der Waals surface area contributed by atoms with Gasteiger partial charge < -0.3 is 9.88 Å². The van der Waals surface area contributed by atoms with Crippen molar-refractivity contribution in [1.29, 1.82) is 0 Å². The van der Waals surface area contributed by atoms with Crippen LogP contribution in [0, 0.1) is 6.92 Å². The van der Waals surface area contributed by atoms with Crippen molar-refractivity contribution >= 4 is 27.3 Å². The molecule has 0 saturated carbocycles. The van der Waals surface area contributed by atoms with Crippen LogP contribution in [-0.4, -0.2) is 40.8 Å². The number of H-pyrrole nitrogens is 1. The maximum Gasteiger partial charge on any atom is 0.511 e. The second-order valence-corrected chi connectivity index (χ2v) is 10.7. The number of fused-ring (bicyclic) bond motifs is 1. The number of aromatic amines is 1. The molecule has 1 N–H and O–H groups in total. The van der Waals surface area contributed by atoms with E-state index in [-0.39, 0.29) is 6.54 Å². The van der Waals surface area contributed by atoms with E-state index in [2.05, 4.69) is 9.97 Å². The van der Waals surface area contributed by atoms with E-state index in [1.165, 1.54) is 6.07 Å². The first kappa shape index (κ1) is 24.6. The van der Waals surface area contributed by atoms with Gasteiger partial charge in [-0.15, -0.1) is 0 Å². The van der Waals surface area contributed by atoms with Gasteiger partial charge in [-0.05, 0) is 49.1 Å². The van der Waals surface area contributed by atoms with Crippen LogP contribution in [0.1, 0.15) is 29.1 Å². The predicted octanol–water partition coefficient (Wildman–Crippen LogP) is 5.04. The number of hydrogen-bond donors (Lipinski definition) is 1. The second kappa shape index (κ2) is 9.59. The number of anilines is 1. The van der Waals surface area contributed by atoms with Crippen LogP contribution in [-0.2, 0) is 29.5 Å². The summed E-state index contributed by atoms with van der Waals surface area (Å²) < 4.78 is 66.1. The summed E-state index contributed by atoms with van der Waals surface area (Å²) in [5.41, 5.74) is -2.54. The van der Waals surface area contributed by atoms with E-state index in [0.717, 1.165) is 11.3 Å². The maximum absolute atomic E-state index is 13.5. The molecule has 0 radical (unpaired) electrons. The van der Waals surface area contributed by atoms with Crippen molar-refractivity contribution < 1.29 is 21.6 Å². The predicted molar refractivity (Wildman–Crippen MR) is 125 cm³/mol. The Labute approximate surface area is 201 Å². The molecule has 0 bridgehead atoms. The lowest BCUT2D eigenvalue weighted by Gasteiger charge is -2.34. The lowest BCUT2D eigenvalue weighted by Crippen LogP contribution is -2.47. The lowest BCUT2D eigenvalue weighted by atomic mass is 10.0. The summed E-state index contributed by atoms with van der Waals surface area (Å²) in [7, 11) is -5.54. The van der Waals surface area contributed by atoms with Gasteiger partial charge in [-0.25, -0.2) is 13.4 Å². The smallest absolute Gasteiger partial charge is 0.361 e. The van der Waals surface area contributed by atoms with Gasteiger partial charge in [0.1, 0.15) is 5.82 Å². The first-order valence-corrected chi connectivity index (χ1v) is 12.5. The van der Waals surface area contributed by atoms with E-state index in [1.54, 1.807) is 18.3 Å². The standard InChI is InChI=1S/C23H24ClF3N4O2S/c1-16-28-12-20(29-16)14-31-21(9-7-17-5-3-2-4-6-17)15-30(34(32,33)23(25,26)27)13-18-11-19(24)8-10-22(18)31/h2-6,8,10-12,21H,7,9,13-15H2,1H3,(H,28,29)/t21-/m0/s1. The van der Waals surface area contributed by atoms with Crippen LogP contribution in [0.4, 0.5) is 18.9 Å². The quantitative estimate of drug-likeness (QED) is 0.502. The molecular weight excluding hydrogens is 489 g/mol. The van der Waals surface area contributed by atoms with E-state index in [4.69, 9.17) is 11.6 Å². The molecule has 1 aromatic heterocycles. The molecule has 0 aliphatic carbocycles. The summed E-state index contributed by atoms with van der Waals surface area (Å²) in [6, 6.07) is 14.0. The van der Waals surface area contributed by atoms with Gasteiger partial charge in [0.25, 0.3) is 0 Å². The van der Waals surface area contributed by atoms with Crippen LogP contribution in [0.5, 0.6) is 0 Å². The monoisotopic (exact) mass is 512 g/mol. The van der Waals surface area contributed by atoms with Crippen LogP contribution in [0.2, 0.25) is 5.02 Å². The van der Waals surface area contributed by atoms with Crippen LogP contribution in [0.25, 0.3) is 0 Å². The number of sulfonamides is 1. The van der Waals surface area contributed by atoms with E-state index >= 15 is 0 Å². The van der Waals surface area contributed by atoms with Crippen LogP contribution in [0.15, 0.2) is 54.7 Å². The molecule has 1 aliphatic rings. The number of imidazole rings is 1. The molecular formula is C23H24ClF3N4O2S. The Bertz CT molecular complexity index is 1250. The van der Waals surface area contributed by atoms with E-state index in [1.807, 2.05) is 42.2 Å². The Hall–Kier alpha value is -2.56. The molecule has 0 spiro atoms. The van der Waals surface area contributed by atoms with Gasteiger partial charge in [0.2, 0.25) is 0 Å². The third-order valence-corrected chi connectivity index (χ3v) is 7.67. The zero-order valence-corrected chi connectivity index (χ0v) is 20.0. The Morgan fingerprint density at radius 3 is 2.56 bits per heavy atom. The van der Waals surface area contributed by atoms with Crippen molar-refractivity contribution in [1.82, 2.24) is 14.3 Å². The van der Waals surface area contributed by atoms with Gasteiger partial charge in [-0.2, -0.15) is 17.5 Å². The molecule has 0 saturated heterocycles. The number of aromatic nitrogens is 2. The normalized spacial score (nSPS) is 17.4. The molecule has 2 aromatic carbocycles. The third-order valence-electron chi connectivity index (χ3n) is 5.89. The summed E-state index contributed by atoms with van der Waals surface area (Å²) in [6.07, 6.45) is 2.70. The zero-order chi connectivity index (χ0) is 24.5. The molecule has 0 unspecified atom stereocenters. The number of aryl methyl sites for hydroxylation is 2. The van der Waals surface area contributed by atoms with Crippen molar-refractivity contribution in [3.05, 3.63) is 82.4 Å². The van der Waals surface area contributed by atoms with Crippen LogP contribution in [0.3, 0.4) is 0 Å². The molecule has 11 heteroatoms. The first-order valence-electron chi connectivity index (χ1n) is 10.7. The van der Waals surface area contributed by atoms with Gasteiger partial charge >= 0.3 is 15.5 Å². The molecule has 6 nitrogen and oxygen atoms in total. The van der Waals surface area contributed by atoms with Gasteiger partial charge in [0.05, 0.1) is 18.4 Å². The Balaban J connectivity index is 1.77. The Morgan fingerprint density at radius 1 is 1.18 bits per heavy atom. The van der Waals surface area contributed by atoms with Crippen molar-refractivity contribution in [3.63, 3.8) is 0 Å². The average molecular weight is 513 g/mol. The summed E-state index contributed by atoms with van der Waals surface area (Å²) in [6.45, 7) is 1.41. The fraction of sp³-hybridized carbons (Fsp3) is 0.348. The highest BCUT2D eigenvalue weighted by molar-refractivity contribution is 7.89. The number of rotatable bonds is 6. The molecule has 0 amide bonds. The van der Waals surface area contributed by atoms with Gasteiger partial charge in [0, 0.05) is 29.8 Å². The minimum Gasteiger partial charge on any atom is -0.361 e. The zero-order valence-electron chi connectivity index (χ0n) is 18.4. The fourth-order valence-corrected chi connectivity index (χ4v) is 5.41. The highest BCUT2D eigenvalue weighted by Gasteiger charge is 2.51. The van der Waals surface area contributed by atoms with E-state index in [0.29, 0.717) is 45.8 Å². The SMILES string of the molecule is Cc1ncc(CN2c3ccc(Cl)cc3CN(S(=O)(=O)C(F)(F)F)C[C@@H]2CCc2ccccc2)[nH]1. The van der Waals surface area contributed by atoms with Crippen molar-refractivity contribution in [2.75, 3.05) is 11.4 Å². The molecule has 34 heavy (non-hydrogen) atoms.